The first-order valence-electron chi connectivity index (χ1n) is 12.6. The van der Waals surface area contributed by atoms with E-state index in [0.29, 0.717) is 19.8 Å². The summed E-state index contributed by atoms with van der Waals surface area (Å²) in [7, 11) is 0. The van der Waals surface area contributed by atoms with Crippen LogP contribution in [-0.2, 0) is 36.9 Å². The molecule has 5 nitrogen and oxygen atoms in total. The molecule has 0 spiro atoms. The minimum absolute atomic E-state index is 0.0413. The number of rotatable bonds is 9. The quantitative estimate of drug-likeness (QED) is 0.362. The molecule has 3 aromatic carbocycles. The number of ether oxygens (including phenoxy) is 5. The zero-order valence-corrected chi connectivity index (χ0v) is 21.6. The lowest BCUT2D eigenvalue weighted by molar-refractivity contribution is -0.308. The second kappa shape index (κ2) is 12.4. The molecule has 36 heavy (non-hydrogen) atoms. The summed E-state index contributed by atoms with van der Waals surface area (Å²) in [5.41, 5.74) is 1.97. The summed E-state index contributed by atoms with van der Waals surface area (Å²) in [5.74, 6) is 0. The third-order valence-corrected chi connectivity index (χ3v) is 7.83. The van der Waals surface area contributed by atoms with Gasteiger partial charge in [0.15, 0.2) is 0 Å². The summed E-state index contributed by atoms with van der Waals surface area (Å²) in [6.45, 7) is 5.53. The molecule has 7 atom stereocenters. The van der Waals surface area contributed by atoms with E-state index in [2.05, 4.69) is 43.3 Å². The van der Waals surface area contributed by atoms with Crippen molar-refractivity contribution in [1.82, 2.24) is 0 Å². The molecule has 190 valence electrons. The topological polar surface area (TPSA) is 46.2 Å². The Labute approximate surface area is 218 Å². The van der Waals surface area contributed by atoms with E-state index >= 15 is 0 Å². The van der Waals surface area contributed by atoms with Crippen LogP contribution in [-0.4, -0.2) is 48.7 Å². The normalized spacial score (nSPS) is 30.0. The van der Waals surface area contributed by atoms with Gasteiger partial charge in [0.25, 0.3) is 0 Å². The van der Waals surface area contributed by atoms with Crippen LogP contribution in [0.15, 0.2) is 95.9 Å². The van der Waals surface area contributed by atoms with Crippen LogP contribution in [0.25, 0.3) is 0 Å². The van der Waals surface area contributed by atoms with Gasteiger partial charge in [-0.3, -0.25) is 0 Å². The standard InChI is InChI=1S/C30H34O5S/c1-21-22(2)34-28-27(33-21)26(20-31-18-23-12-6-3-7-13-23)35-30(36-25-16-10-5-11-17-25)29(28)32-19-24-14-8-4-9-15-24/h3-17,21-22,26-30H,18-20H2,1-2H3/t21-,22-,26+,27+,28-,29-,30+/m0/s1. The molecular weight excluding hydrogens is 472 g/mol. The zero-order valence-electron chi connectivity index (χ0n) is 20.8. The fraction of sp³-hybridized carbons (Fsp3) is 0.400. The molecule has 0 N–H and O–H groups in total. The van der Waals surface area contributed by atoms with Crippen LogP contribution in [0.5, 0.6) is 0 Å². The molecule has 3 aromatic rings. The Morgan fingerprint density at radius 1 is 0.667 bits per heavy atom. The molecule has 0 bridgehead atoms. The predicted octanol–water partition coefficient (Wildman–Crippen LogP) is 5.87. The van der Waals surface area contributed by atoms with Crippen molar-refractivity contribution in [2.24, 2.45) is 0 Å². The van der Waals surface area contributed by atoms with Gasteiger partial charge >= 0.3 is 0 Å². The van der Waals surface area contributed by atoms with Crippen LogP contribution < -0.4 is 0 Å². The molecule has 2 aliphatic heterocycles. The maximum atomic E-state index is 6.69. The van der Waals surface area contributed by atoms with Crippen molar-refractivity contribution in [2.75, 3.05) is 6.61 Å². The number of hydrogen-bond acceptors (Lipinski definition) is 6. The SMILES string of the molecule is C[C@@H]1O[C@@H]2[C@H](OCc3ccccc3)[C@@H](Sc3ccccc3)O[C@H](COCc3ccccc3)[C@H]2O[C@H]1C. The molecule has 0 aromatic heterocycles. The summed E-state index contributed by atoms with van der Waals surface area (Å²) in [6, 6.07) is 30.7. The molecule has 5 rings (SSSR count). The minimum atomic E-state index is -0.305. The molecule has 0 unspecified atom stereocenters. The van der Waals surface area contributed by atoms with Crippen molar-refractivity contribution >= 4 is 11.8 Å². The monoisotopic (exact) mass is 506 g/mol. The molecule has 0 saturated carbocycles. The molecule has 2 saturated heterocycles. The second-order valence-corrected chi connectivity index (χ2v) is 10.5. The van der Waals surface area contributed by atoms with Crippen molar-refractivity contribution in [2.45, 2.75) is 74.0 Å². The van der Waals surface area contributed by atoms with Crippen LogP contribution in [0.1, 0.15) is 25.0 Å². The van der Waals surface area contributed by atoms with Gasteiger partial charge in [-0.05, 0) is 37.1 Å². The average Bonchev–Trinajstić information content (AvgIpc) is 2.91. The minimum Gasteiger partial charge on any atom is -0.374 e. The lowest BCUT2D eigenvalue weighted by Crippen LogP contribution is -2.65. The average molecular weight is 507 g/mol. The highest BCUT2D eigenvalue weighted by atomic mass is 32.2. The Morgan fingerprint density at radius 2 is 1.22 bits per heavy atom. The summed E-state index contributed by atoms with van der Waals surface area (Å²) < 4.78 is 32.4. The molecule has 0 radical (unpaired) electrons. The predicted molar refractivity (Wildman–Crippen MR) is 141 cm³/mol. The first-order chi connectivity index (χ1) is 17.7. The van der Waals surface area contributed by atoms with Gasteiger partial charge in [-0.1, -0.05) is 90.6 Å². The van der Waals surface area contributed by atoms with Crippen molar-refractivity contribution in [3.63, 3.8) is 0 Å². The first-order valence-corrected chi connectivity index (χ1v) is 13.5. The van der Waals surface area contributed by atoms with E-state index in [1.54, 1.807) is 11.8 Å². The Bertz CT molecular complexity index is 1050. The van der Waals surface area contributed by atoms with Crippen LogP contribution >= 0.6 is 11.8 Å². The van der Waals surface area contributed by atoms with Gasteiger partial charge in [-0.2, -0.15) is 0 Å². The highest BCUT2D eigenvalue weighted by Gasteiger charge is 2.52. The lowest BCUT2D eigenvalue weighted by Gasteiger charge is -2.50. The molecular formula is C30H34O5S. The fourth-order valence-electron chi connectivity index (χ4n) is 4.59. The van der Waals surface area contributed by atoms with Gasteiger partial charge in [0.2, 0.25) is 0 Å². The van der Waals surface area contributed by atoms with Crippen molar-refractivity contribution in [3.8, 4) is 0 Å². The van der Waals surface area contributed by atoms with E-state index in [0.717, 1.165) is 16.0 Å². The van der Waals surface area contributed by atoms with Crippen LogP contribution in [0.3, 0.4) is 0 Å². The van der Waals surface area contributed by atoms with Crippen LogP contribution in [0.2, 0.25) is 0 Å². The number of benzene rings is 3. The van der Waals surface area contributed by atoms with Crippen molar-refractivity contribution in [1.29, 1.82) is 0 Å². The number of thioether (sulfide) groups is 1. The maximum Gasteiger partial charge on any atom is 0.137 e. The highest BCUT2D eigenvalue weighted by molar-refractivity contribution is 7.99. The number of fused-ring (bicyclic) bond motifs is 1. The van der Waals surface area contributed by atoms with Gasteiger partial charge in [-0.15, -0.1) is 0 Å². The Balaban J connectivity index is 1.36. The molecule has 2 aliphatic rings. The Kier molecular flexibility index (Phi) is 8.75. The van der Waals surface area contributed by atoms with Gasteiger partial charge in [-0.25, -0.2) is 0 Å². The number of hydrogen-bond donors (Lipinski definition) is 0. The molecule has 6 heteroatoms. The fourth-order valence-corrected chi connectivity index (χ4v) is 5.74. The van der Waals surface area contributed by atoms with Gasteiger partial charge in [0.1, 0.15) is 29.9 Å². The molecule has 0 aliphatic carbocycles. The summed E-state index contributed by atoms with van der Waals surface area (Å²) >= 11 is 1.66. The van der Waals surface area contributed by atoms with Crippen LogP contribution in [0, 0.1) is 0 Å². The maximum absolute atomic E-state index is 6.69. The smallest absolute Gasteiger partial charge is 0.137 e. The third-order valence-electron chi connectivity index (χ3n) is 6.67. The van der Waals surface area contributed by atoms with E-state index < -0.39 is 0 Å². The van der Waals surface area contributed by atoms with Gasteiger partial charge < -0.3 is 23.7 Å². The van der Waals surface area contributed by atoms with E-state index in [1.165, 1.54) is 0 Å². The zero-order chi connectivity index (χ0) is 24.7. The lowest BCUT2D eigenvalue weighted by atomic mass is 9.96. The van der Waals surface area contributed by atoms with Crippen molar-refractivity contribution < 1.29 is 23.7 Å². The van der Waals surface area contributed by atoms with Crippen LogP contribution in [0.4, 0.5) is 0 Å². The molecule has 0 amide bonds. The van der Waals surface area contributed by atoms with Crippen molar-refractivity contribution in [3.05, 3.63) is 102 Å². The highest BCUT2D eigenvalue weighted by Crippen LogP contribution is 2.40. The first kappa shape index (κ1) is 25.5. The summed E-state index contributed by atoms with van der Waals surface area (Å²) in [6.07, 6.45) is -1.20. The van der Waals surface area contributed by atoms with E-state index in [1.807, 2.05) is 61.5 Å². The Morgan fingerprint density at radius 3 is 1.86 bits per heavy atom. The molecule has 2 heterocycles. The molecule has 2 fully saturated rings. The van der Waals surface area contributed by atoms with E-state index in [9.17, 15) is 0 Å². The van der Waals surface area contributed by atoms with E-state index in [-0.39, 0.29) is 42.1 Å². The largest absolute Gasteiger partial charge is 0.374 e. The summed E-state index contributed by atoms with van der Waals surface area (Å²) in [4.78, 5) is 1.12. The van der Waals surface area contributed by atoms with Gasteiger partial charge in [0, 0.05) is 4.90 Å². The van der Waals surface area contributed by atoms with E-state index in [4.69, 9.17) is 23.7 Å². The van der Waals surface area contributed by atoms with Gasteiger partial charge in [0.05, 0.1) is 32.0 Å². The second-order valence-electron chi connectivity index (χ2n) is 9.35. The third kappa shape index (κ3) is 6.38. The Hall–Kier alpha value is -2.19. The summed E-state index contributed by atoms with van der Waals surface area (Å²) in [5, 5.41) is 0.